The summed E-state index contributed by atoms with van der Waals surface area (Å²) in [4.78, 5) is 13.4. The van der Waals surface area contributed by atoms with E-state index in [2.05, 4.69) is 42.0 Å². The number of rotatable bonds is 4. The van der Waals surface area contributed by atoms with Gasteiger partial charge in [-0.3, -0.25) is 0 Å². The molecule has 2 atom stereocenters. The molecule has 20 heavy (non-hydrogen) atoms. The van der Waals surface area contributed by atoms with Crippen LogP contribution in [0.15, 0.2) is 24.6 Å². The third kappa shape index (κ3) is 2.97. The van der Waals surface area contributed by atoms with Crippen molar-refractivity contribution in [2.45, 2.75) is 52.9 Å². The van der Waals surface area contributed by atoms with Gasteiger partial charge in [0.2, 0.25) is 0 Å². The second-order valence-corrected chi connectivity index (χ2v) is 5.19. The monoisotopic (exact) mass is 271 g/mol. The Kier molecular flexibility index (Phi) is 5.05. The molecule has 1 aromatic rings. The van der Waals surface area contributed by atoms with Gasteiger partial charge in [0.15, 0.2) is 5.82 Å². The maximum absolute atomic E-state index is 4.69. The van der Waals surface area contributed by atoms with Gasteiger partial charge in [-0.1, -0.05) is 45.9 Å². The Hall–Kier alpha value is -1.51. The summed E-state index contributed by atoms with van der Waals surface area (Å²) in [6.45, 7) is 8.38. The topological polar surface area (TPSA) is 38.7 Å². The lowest BCUT2D eigenvalue weighted by molar-refractivity contribution is 0.595. The molecule has 108 valence electrons. The number of allylic oxidation sites excluding steroid dienone is 4. The van der Waals surface area contributed by atoms with Gasteiger partial charge in [-0.15, -0.1) is 0 Å². The molecule has 1 saturated carbocycles. The largest absolute Gasteiger partial charge is 0.221 e. The first-order valence-corrected chi connectivity index (χ1v) is 7.91. The Balaban J connectivity index is 0.000000704. The van der Waals surface area contributed by atoms with E-state index in [-0.39, 0.29) is 0 Å². The normalized spacial score (nSPS) is 22.8. The third-order valence-electron chi connectivity index (χ3n) is 4.07. The standard InChI is InChI=1S/C15H19N3.C2H6/c1-3-10(4-2)14-16-9-17-15(18-14)12-7-5-6-11-8-13(11)12;1-2/h5-7,9-11,13H,3-4,8H2,1-2H3;1-2H3. The van der Waals surface area contributed by atoms with E-state index in [0.29, 0.717) is 11.8 Å². The molecule has 2 unspecified atom stereocenters. The number of nitrogens with zero attached hydrogens (tertiary/aromatic N) is 3. The number of hydrogen-bond donors (Lipinski definition) is 0. The highest BCUT2D eigenvalue weighted by Gasteiger charge is 2.40. The highest BCUT2D eigenvalue weighted by atomic mass is 15.0. The number of fused-ring (bicyclic) bond motifs is 1. The lowest BCUT2D eigenvalue weighted by Gasteiger charge is -2.12. The Morgan fingerprint density at radius 2 is 1.95 bits per heavy atom. The molecule has 1 aromatic heterocycles. The Bertz CT molecular complexity index is 501. The summed E-state index contributed by atoms with van der Waals surface area (Å²) in [5.41, 5.74) is 1.30. The van der Waals surface area contributed by atoms with Crippen molar-refractivity contribution in [1.29, 1.82) is 0 Å². The van der Waals surface area contributed by atoms with Crippen LogP contribution < -0.4 is 0 Å². The molecule has 3 rings (SSSR count). The van der Waals surface area contributed by atoms with Crippen LogP contribution in [-0.4, -0.2) is 15.0 Å². The highest BCUT2D eigenvalue weighted by molar-refractivity contribution is 5.68. The van der Waals surface area contributed by atoms with Crippen molar-refractivity contribution in [2.75, 3.05) is 0 Å². The second-order valence-electron chi connectivity index (χ2n) is 5.19. The van der Waals surface area contributed by atoms with E-state index in [1.54, 1.807) is 6.33 Å². The average Bonchev–Trinajstić information content (AvgIpc) is 3.30. The summed E-state index contributed by atoms with van der Waals surface area (Å²) in [6.07, 6.45) is 11.7. The summed E-state index contributed by atoms with van der Waals surface area (Å²) in [5, 5.41) is 0. The van der Waals surface area contributed by atoms with Crippen molar-refractivity contribution >= 4 is 5.57 Å². The first-order chi connectivity index (χ1) is 9.83. The minimum absolute atomic E-state index is 0.460. The lowest BCUT2D eigenvalue weighted by atomic mass is 10.0. The third-order valence-corrected chi connectivity index (χ3v) is 4.07. The van der Waals surface area contributed by atoms with Crippen LogP contribution in [0.1, 0.15) is 64.5 Å². The summed E-state index contributed by atoms with van der Waals surface area (Å²) in [7, 11) is 0. The SMILES string of the molecule is CC.CCC(CC)c1ncnc(C2=CC=CC3CC23)n1. The van der Waals surface area contributed by atoms with Gasteiger partial charge in [0.05, 0.1) is 0 Å². The first-order valence-electron chi connectivity index (χ1n) is 7.91. The zero-order valence-corrected chi connectivity index (χ0v) is 13.0. The van der Waals surface area contributed by atoms with Crippen LogP contribution in [0, 0.1) is 11.8 Å². The average molecular weight is 271 g/mol. The van der Waals surface area contributed by atoms with Crippen molar-refractivity contribution in [3.05, 3.63) is 36.2 Å². The molecule has 0 N–H and O–H groups in total. The maximum Gasteiger partial charge on any atom is 0.159 e. The summed E-state index contributed by atoms with van der Waals surface area (Å²) < 4.78 is 0. The Morgan fingerprint density at radius 1 is 1.20 bits per heavy atom. The smallest absolute Gasteiger partial charge is 0.159 e. The predicted molar refractivity (Wildman–Crippen MR) is 83.2 cm³/mol. The van der Waals surface area contributed by atoms with Gasteiger partial charge in [0.25, 0.3) is 0 Å². The molecule has 1 heterocycles. The zero-order chi connectivity index (χ0) is 14.5. The number of aromatic nitrogens is 3. The quantitative estimate of drug-likeness (QED) is 0.815. The fourth-order valence-electron chi connectivity index (χ4n) is 2.75. The van der Waals surface area contributed by atoms with Crippen LogP contribution in [0.5, 0.6) is 0 Å². The molecular weight excluding hydrogens is 246 g/mol. The predicted octanol–water partition coefficient (Wildman–Crippen LogP) is 4.39. The second kappa shape index (κ2) is 6.78. The van der Waals surface area contributed by atoms with Crippen molar-refractivity contribution in [3.63, 3.8) is 0 Å². The fourth-order valence-corrected chi connectivity index (χ4v) is 2.75. The van der Waals surface area contributed by atoms with Crippen molar-refractivity contribution in [3.8, 4) is 0 Å². The molecule has 0 amide bonds. The van der Waals surface area contributed by atoms with E-state index in [0.717, 1.165) is 30.4 Å². The van der Waals surface area contributed by atoms with Gasteiger partial charge in [0, 0.05) is 11.5 Å². The van der Waals surface area contributed by atoms with Crippen LogP contribution >= 0.6 is 0 Å². The van der Waals surface area contributed by atoms with Gasteiger partial charge in [-0.05, 0) is 31.1 Å². The van der Waals surface area contributed by atoms with Crippen LogP contribution in [0.3, 0.4) is 0 Å². The van der Waals surface area contributed by atoms with Gasteiger partial charge in [-0.25, -0.2) is 15.0 Å². The maximum atomic E-state index is 4.69. The molecule has 0 spiro atoms. The van der Waals surface area contributed by atoms with Gasteiger partial charge < -0.3 is 0 Å². The van der Waals surface area contributed by atoms with Gasteiger partial charge in [0.1, 0.15) is 12.2 Å². The van der Waals surface area contributed by atoms with E-state index in [1.165, 1.54) is 12.0 Å². The minimum Gasteiger partial charge on any atom is -0.221 e. The molecule has 0 bridgehead atoms. The molecule has 0 radical (unpaired) electrons. The minimum atomic E-state index is 0.460. The van der Waals surface area contributed by atoms with Crippen molar-refractivity contribution in [2.24, 2.45) is 11.8 Å². The van der Waals surface area contributed by atoms with Crippen LogP contribution in [0.2, 0.25) is 0 Å². The van der Waals surface area contributed by atoms with Gasteiger partial charge in [-0.2, -0.15) is 0 Å². The van der Waals surface area contributed by atoms with E-state index in [1.807, 2.05) is 13.8 Å². The Morgan fingerprint density at radius 3 is 2.65 bits per heavy atom. The molecule has 3 nitrogen and oxygen atoms in total. The highest BCUT2D eigenvalue weighted by Crippen LogP contribution is 2.50. The van der Waals surface area contributed by atoms with Gasteiger partial charge >= 0.3 is 0 Å². The number of hydrogen-bond acceptors (Lipinski definition) is 3. The van der Waals surface area contributed by atoms with E-state index >= 15 is 0 Å². The molecule has 0 aliphatic heterocycles. The molecule has 0 saturated heterocycles. The first kappa shape index (κ1) is 14.9. The zero-order valence-electron chi connectivity index (χ0n) is 13.0. The summed E-state index contributed by atoms with van der Waals surface area (Å²) in [6, 6.07) is 0. The van der Waals surface area contributed by atoms with Crippen molar-refractivity contribution < 1.29 is 0 Å². The molecule has 2 aliphatic rings. The van der Waals surface area contributed by atoms with E-state index in [9.17, 15) is 0 Å². The van der Waals surface area contributed by atoms with Crippen LogP contribution in [-0.2, 0) is 0 Å². The van der Waals surface area contributed by atoms with Crippen LogP contribution in [0.25, 0.3) is 5.57 Å². The summed E-state index contributed by atoms with van der Waals surface area (Å²) in [5.74, 6) is 3.70. The van der Waals surface area contributed by atoms with Crippen molar-refractivity contribution in [1.82, 2.24) is 15.0 Å². The molecule has 1 fully saturated rings. The molecule has 3 heteroatoms. The Labute approximate surface area is 122 Å². The van der Waals surface area contributed by atoms with E-state index < -0.39 is 0 Å². The molecule has 2 aliphatic carbocycles. The van der Waals surface area contributed by atoms with E-state index in [4.69, 9.17) is 4.98 Å². The van der Waals surface area contributed by atoms with Crippen LogP contribution in [0.4, 0.5) is 0 Å². The molecule has 0 aromatic carbocycles. The molecular formula is C17H25N3. The fraction of sp³-hybridized carbons (Fsp3) is 0.588. The summed E-state index contributed by atoms with van der Waals surface area (Å²) >= 11 is 0. The lowest BCUT2D eigenvalue weighted by Crippen LogP contribution is -2.07.